The molecule has 0 aliphatic heterocycles. The summed E-state index contributed by atoms with van der Waals surface area (Å²) in [5.41, 5.74) is 1.94. The second-order valence-electron chi connectivity index (χ2n) is 6.77. The molecule has 2 aromatic carbocycles. The second-order valence-corrected chi connectivity index (χ2v) is 9.70. The van der Waals surface area contributed by atoms with Gasteiger partial charge < -0.3 is 5.32 Å². The van der Waals surface area contributed by atoms with Crippen LogP contribution in [0.3, 0.4) is 0 Å². The fourth-order valence-corrected chi connectivity index (χ4v) is 5.32. The zero-order valence-electron chi connectivity index (χ0n) is 16.6. The molecule has 1 N–H and O–H groups in total. The number of carbonyl (C=O) groups excluding carboxylic acids is 1. The first-order valence-electron chi connectivity index (χ1n) is 9.31. The van der Waals surface area contributed by atoms with Crippen LogP contribution in [0.1, 0.15) is 10.4 Å². The maximum atomic E-state index is 13.4. The number of aromatic nitrogens is 2. The average molecular weight is 490 g/mol. The molecule has 4 rings (SSSR count). The van der Waals surface area contributed by atoms with Crippen LogP contribution in [0.25, 0.3) is 15.9 Å². The Kier molecular flexibility index (Phi) is 6.39. The second kappa shape index (κ2) is 9.04. The lowest BCUT2D eigenvalue weighted by molar-refractivity contribution is -0.113. The molecule has 4 aromatic rings. The Bertz CT molecular complexity index is 1350. The number of amides is 1. The average Bonchev–Trinajstić information content (AvgIpc) is 3.04. The molecular formula is C22H17Cl2N3O2S2. The standard InChI is InChI=1S/C22H17Cl2N3O2S2/c1-12-13(2)31-20-18(12)21(29)27(14-7-4-3-5-8-14)22(26-20)30-11-17(28)25-16-10-6-9-15(23)19(16)24/h3-10H,11H2,1-2H3,(H,25,28). The quantitative estimate of drug-likeness (QED) is 0.271. The predicted octanol–water partition coefficient (Wildman–Crippen LogP) is 6.10. The molecule has 0 spiro atoms. The highest BCUT2D eigenvalue weighted by atomic mass is 35.5. The molecule has 31 heavy (non-hydrogen) atoms. The van der Waals surface area contributed by atoms with E-state index < -0.39 is 0 Å². The van der Waals surface area contributed by atoms with Gasteiger partial charge in [-0.2, -0.15) is 0 Å². The summed E-state index contributed by atoms with van der Waals surface area (Å²) in [4.78, 5) is 32.4. The molecule has 2 aromatic heterocycles. The number of aryl methyl sites for hydroxylation is 2. The number of rotatable bonds is 5. The van der Waals surface area contributed by atoms with E-state index in [2.05, 4.69) is 5.32 Å². The van der Waals surface area contributed by atoms with Crippen LogP contribution in [0.15, 0.2) is 58.5 Å². The highest BCUT2D eigenvalue weighted by Gasteiger charge is 2.19. The van der Waals surface area contributed by atoms with Crippen LogP contribution in [0.5, 0.6) is 0 Å². The minimum atomic E-state index is -0.276. The van der Waals surface area contributed by atoms with E-state index >= 15 is 0 Å². The molecule has 0 radical (unpaired) electrons. The van der Waals surface area contributed by atoms with Crippen molar-refractivity contribution in [3.8, 4) is 5.69 Å². The number of para-hydroxylation sites is 1. The van der Waals surface area contributed by atoms with Crippen LogP contribution in [0.4, 0.5) is 5.69 Å². The van der Waals surface area contributed by atoms with E-state index in [1.165, 1.54) is 23.1 Å². The number of anilines is 1. The zero-order valence-corrected chi connectivity index (χ0v) is 19.8. The number of hydrogen-bond donors (Lipinski definition) is 1. The topological polar surface area (TPSA) is 64.0 Å². The Balaban J connectivity index is 1.69. The van der Waals surface area contributed by atoms with Crippen molar-refractivity contribution in [1.29, 1.82) is 0 Å². The van der Waals surface area contributed by atoms with E-state index in [9.17, 15) is 9.59 Å². The Labute approximate surface area is 197 Å². The minimum absolute atomic E-state index is 0.0525. The SMILES string of the molecule is Cc1sc2nc(SCC(=O)Nc3cccc(Cl)c3Cl)n(-c3ccccc3)c(=O)c2c1C. The molecule has 0 unspecified atom stereocenters. The molecule has 9 heteroatoms. The third-order valence-electron chi connectivity index (χ3n) is 4.74. The first-order chi connectivity index (χ1) is 14.9. The van der Waals surface area contributed by atoms with E-state index in [4.69, 9.17) is 28.2 Å². The van der Waals surface area contributed by atoms with E-state index in [0.717, 1.165) is 10.4 Å². The molecule has 0 saturated heterocycles. The lowest BCUT2D eigenvalue weighted by Gasteiger charge is -2.12. The molecular weight excluding hydrogens is 473 g/mol. The maximum Gasteiger partial charge on any atom is 0.267 e. The van der Waals surface area contributed by atoms with Gasteiger partial charge in [-0.15, -0.1) is 11.3 Å². The van der Waals surface area contributed by atoms with Crippen molar-refractivity contribution < 1.29 is 4.79 Å². The number of thiophene rings is 1. The van der Waals surface area contributed by atoms with Crippen LogP contribution in [-0.2, 0) is 4.79 Å². The Hall–Kier alpha value is -2.32. The van der Waals surface area contributed by atoms with Crippen LogP contribution in [0.2, 0.25) is 10.0 Å². The van der Waals surface area contributed by atoms with Gasteiger partial charge in [-0.1, -0.05) is 59.2 Å². The Morgan fingerprint density at radius 2 is 1.87 bits per heavy atom. The highest BCUT2D eigenvalue weighted by molar-refractivity contribution is 7.99. The Morgan fingerprint density at radius 3 is 2.61 bits per heavy atom. The zero-order chi connectivity index (χ0) is 22.1. The van der Waals surface area contributed by atoms with Gasteiger partial charge in [-0.3, -0.25) is 14.2 Å². The van der Waals surface area contributed by atoms with Crippen molar-refractivity contribution in [3.63, 3.8) is 0 Å². The number of benzene rings is 2. The molecule has 0 saturated carbocycles. The predicted molar refractivity (Wildman–Crippen MR) is 131 cm³/mol. The minimum Gasteiger partial charge on any atom is -0.324 e. The van der Waals surface area contributed by atoms with Crippen molar-refractivity contribution >= 4 is 68.1 Å². The number of nitrogens with one attached hydrogen (secondary N) is 1. The van der Waals surface area contributed by atoms with Gasteiger partial charge in [0.2, 0.25) is 5.91 Å². The van der Waals surface area contributed by atoms with Crippen LogP contribution < -0.4 is 10.9 Å². The molecule has 0 aliphatic carbocycles. The lowest BCUT2D eigenvalue weighted by atomic mass is 10.2. The molecule has 158 valence electrons. The molecule has 0 bridgehead atoms. The van der Waals surface area contributed by atoms with Crippen LogP contribution >= 0.6 is 46.3 Å². The summed E-state index contributed by atoms with van der Waals surface area (Å²) in [7, 11) is 0. The Morgan fingerprint density at radius 1 is 1.13 bits per heavy atom. The summed E-state index contributed by atoms with van der Waals surface area (Å²) in [6.45, 7) is 3.91. The smallest absolute Gasteiger partial charge is 0.267 e. The largest absolute Gasteiger partial charge is 0.324 e. The van der Waals surface area contributed by atoms with E-state index in [1.54, 1.807) is 22.8 Å². The van der Waals surface area contributed by atoms with Gasteiger partial charge in [0.05, 0.1) is 32.6 Å². The number of thioether (sulfide) groups is 1. The number of fused-ring (bicyclic) bond motifs is 1. The summed E-state index contributed by atoms with van der Waals surface area (Å²) in [6.07, 6.45) is 0. The van der Waals surface area contributed by atoms with Crippen molar-refractivity contribution in [3.05, 3.63) is 79.4 Å². The number of hydrogen-bond acceptors (Lipinski definition) is 5. The van der Waals surface area contributed by atoms with E-state index in [1.807, 2.05) is 44.2 Å². The van der Waals surface area contributed by atoms with E-state index in [-0.39, 0.29) is 22.2 Å². The monoisotopic (exact) mass is 489 g/mol. The summed E-state index contributed by atoms with van der Waals surface area (Å²) in [5.74, 6) is -0.224. The molecule has 1 amide bonds. The van der Waals surface area contributed by atoms with Crippen molar-refractivity contribution in [1.82, 2.24) is 9.55 Å². The van der Waals surface area contributed by atoms with Crippen molar-refractivity contribution in [2.75, 3.05) is 11.1 Å². The molecule has 2 heterocycles. The number of carbonyl (C=O) groups is 1. The first kappa shape index (κ1) is 21.9. The normalized spacial score (nSPS) is 11.1. The fourth-order valence-electron chi connectivity index (χ4n) is 3.09. The van der Waals surface area contributed by atoms with E-state index in [0.29, 0.717) is 31.8 Å². The lowest BCUT2D eigenvalue weighted by Crippen LogP contribution is -2.22. The summed E-state index contributed by atoms with van der Waals surface area (Å²) in [6, 6.07) is 14.3. The third-order valence-corrected chi connectivity index (χ3v) is 7.60. The van der Waals surface area contributed by atoms with Gasteiger partial charge >= 0.3 is 0 Å². The summed E-state index contributed by atoms with van der Waals surface area (Å²) >= 11 is 14.8. The van der Waals surface area contributed by atoms with Crippen LogP contribution in [0, 0.1) is 13.8 Å². The number of nitrogens with zero attached hydrogens (tertiary/aromatic N) is 2. The van der Waals surface area contributed by atoms with Gasteiger partial charge in [0.1, 0.15) is 4.83 Å². The molecule has 0 aliphatic rings. The van der Waals surface area contributed by atoms with Crippen LogP contribution in [-0.4, -0.2) is 21.2 Å². The maximum absolute atomic E-state index is 13.4. The number of halogens is 2. The molecule has 5 nitrogen and oxygen atoms in total. The third kappa shape index (κ3) is 4.36. The molecule has 0 fully saturated rings. The summed E-state index contributed by atoms with van der Waals surface area (Å²) < 4.78 is 1.56. The summed E-state index contributed by atoms with van der Waals surface area (Å²) in [5, 5.41) is 4.48. The van der Waals surface area contributed by atoms with Gasteiger partial charge in [-0.05, 0) is 43.7 Å². The fraction of sp³-hybridized carbons (Fsp3) is 0.136. The van der Waals surface area contributed by atoms with Crippen molar-refractivity contribution in [2.24, 2.45) is 0 Å². The van der Waals surface area contributed by atoms with Gasteiger partial charge in [0.25, 0.3) is 5.56 Å². The highest BCUT2D eigenvalue weighted by Crippen LogP contribution is 2.31. The van der Waals surface area contributed by atoms with Gasteiger partial charge in [0, 0.05) is 4.88 Å². The van der Waals surface area contributed by atoms with Gasteiger partial charge in [-0.25, -0.2) is 4.98 Å². The molecule has 0 atom stereocenters. The van der Waals surface area contributed by atoms with Crippen molar-refractivity contribution in [2.45, 2.75) is 19.0 Å². The first-order valence-corrected chi connectivity index (χ1v) is 11.9. The van der Waals surface area contributed by atoms with Gasteiger partial charge in [0.15, 0.2) is 5.16 Å².